The molecule has 2 aromatic carbocycles. The number of carbonyl (C=O) groups is 1. The Hall–Kier alpha value is -2.19. The van der Waals surface area contributed by atoms with Crippen molar-refractivity contribution in [3.63, 3.8) is 0 Å². The van der Waals surface area contributed by atoms with Gasteiger partial charge in [-0.05, 0) is 42.7 Å². The van der Waals surface area contributed by atoms with Gasteiger partial charge in [-0.1, -0.05) is 23.7 Å². The molecular weight excluding hydrogens is 410 g/mol. The smallest absolute Gasteiger partial charge is 0.232 e. The van der Waals surface area contributed by atoms with E-state index in [9.17, 15) is 22.0 Å². The van der Waals surface area contributed by atoms with Crippen LogP contribution in [0.4, 0.5) is 14.5 Å². The van der Waals surface area contributed by atoms with E-state index in [1.807, 2.05) is 12.1 Å². The first-order valence-electron chi connectivity index (χ1n) is 8.61. The molecule has 0 aliphatic heterocycles. The molecule has 2 rings (SSSR count). The van der Waals surface area contributed by atoms with Crippen LogP contribution in [0.5, 0.6) is 0 Å². The van der Waals surface area contributed by atoms with Crippen molar-refractivity contribution < 1.29 is 22.0 Å². The van der Waals surface area contributed by atoms with E-state index in [-0.39, 0.29) is 31.0 Å². The van der Waals surface area contributed by atoms with Crippen LogP contribution in [-0.4, -0.2) is 33.7 Å². The molecule has 0 bridgehead atoms. The van der Waals surface area contributed by atoms with Crippen molar-refractivity contribution in [1.82, 2.24) is 5.32 Å². The van der Waals surface area contributed by atoms with Gasteiger partial charge in [0, 0.05) is 30.6 Å². The zero-order chi connectivity index (χ0) is 20.7. The molecule has 0 atom stereocenters. The van der Waals surface area contributed by atoms with Crippen LogP contribution in [0.25, 0.3) is 0 Å². The molecule has 0 saturated carbocycles. The lowest BCUT2D eigenvalue weighted by molar-refractivity contribution is -0.121. The predicted octanol–water partition coefficient (Wildman–Crippen LogP) is 3.52. The summed E-state index contributed by atoms with van der Waals surface area (Å²) in [4.78, 5) is 11.9. The molecule has 5 nitrogen and oxygen atoms in total. The van der Waals surface area contributed by atoms with Crippen LogP contribution in [0.15, 0.2) is 42.5 Å². The average Bonchev–Trinajstić information content (AvgIpc) is 2.60. The number of nitrogens with zero attached hydrogens (tertiary/aromatic N) is 1. The van der Waals surface area contributed by atoms with Crippen LogP contribution in [0, 0.1) is 11.6 Å². The van der Waals surface area contributed by atoms with Gasteiger partial charge in [0.25, 0.3) is 0 Å². The number of hydrogen-bond donors (Lipinski definition) is 1. The Kier molecular flexibility index (Phi) is 7.77. The highest BCUT2D eigenvalue weighted by Crippen LogP contribution is 2.23. The van der Waals surface area contributed by atoms with Crippen molar-refractivity contribution in [1.29, 1.82) is 0 Å². The first-order chi connectivity index (χ1) is 13.2. The minimum Gasteiger partial charge on any atom is -0.356 e. The van der Waals surface area contributed by atoms with Crippen molar-refractivity contribution >= 4 is 33.2 Å². The fourth-order valence-corrected chi connectivity index (χ4v) is 3.71. The summed E-state index contributed by atoms with van der Waals surface area (Å²) in [6, 6.07) is 9.96. The van der Waals surface area contributed by atoms with Gasteiger partial charge in [0.2, 0.25) is 15.9 Å². The Morgan fingerprint density at radius 2 is 1.82 bits per heavy atom. The second-order valence-corrected chi connectivity index (χ2v) is 8.60. The number of hydrogen-bond acceptors (Lipinski definition) is 3. The quantitative estimate of drug-likeness (QED) is 0.661. The molecule has 152 valence electrons. The van der Waals surface area contributed by atoms with E-state index in [1.54, 1.807) is 12.1 Å². The van der Waals surface area contributed by atoms with Crippen LogP contribution in [0.1, 0.15) is 18.4 Å². The van der Waals surface area contributed by atoms with Crippen LogP contribution in [-0.2, 0) is 21.2 Å². The van der Waals surface area contributed by atoms with E-state index < -0.39 is 21.7 Å². The second kappa shape index (κ2) is 9.84. The number of halogens is 3. The summed E-state index contributed by atoms with van der Waals surface area (Å²) in [7, 11) is -3.78. The van der Waals surface area contributed by atoms with E-state index >= 15 is 0 Å². The minimum absolute atomic E-state index is 0.0788. The van der Waals surface area contributed by atoms with Crippen molar-refractivity contribution in [2.45, 2.75) is 19.3 Å². The van der Waals surface area contributed by atoms with Crippen LogP contribution in [0.2, 0.25) is 5.02 Å². The van der Waals surface area contributed by atoms with Gasteiger partial charge >= 0.3 is 0 Å². The number of anilines is 1. The monoisotopic (exact) mass is 430 g/mol. The first kappa shape index (κ1) is 22.1. The third kappa shape index (κ3) is 6.76. The number of amides is 1. The lowest BCUT2D eigenvalue weighted by Crippen LogP contribution is -2.33. The maximum absolute atomic E-state index is 13.9. The minimum atomic E-state index is -3.78. The molecule has 0 aromatic heterocycles. The van der Waals surface area contributed by atoms with Gasteiger partial charge in [0.15, 0.2) is 0 Å². The number of sulfonamides is 1. The lowest BCUT2D eigenvalue weighted by Gasteiger charge is -2.22. The molecule has 0 spiro atoms. The lowest BCUT2D eigenvalue weighted by atomic mass is 10.1. The Labute approximate surface area is 168 Å². The summed E-state index contributed by atoms with van der Waals surface area (Å²) in [5.41, 5.74) is 0.784. The normalized spacial score (nSPS) is 11.3. The van der Waals surface area contributed by atoms with Crippen molar-refractivity contribution in [3.05, 3.63) is 64.7 Å². The van der Waals surface area contributed by atoms with Crippen LogP contribution < -0.4 is 9.62 Å². The summed E-state index contributed by atoms with van der Waals surface area (Å²) < 4.78 is 51.7. The van der Waals surface area contributed by atoms with Crippen LogP contribution >= 0.6 is 11.6 Å². The fraction of sp³-hybridized carbons (Fsp3) is 0.316. The zero-order valence-corrected chi connectivity index (χ0v) is 16.9. The summed E-state index contributed by atoms with van der Waals surface area (Å²) in [5.74, 6) is -2.01. The molecule has 28 heavy (non-hydrogen) atoms. The van der Waals surface area contributed by atoms with Gasteiger partial charge in [0.1, 0.15) is 11.6 Å². The van der Waals surface area contributed by atoms with Gasteiger partial charge in [-0.15, -0.1) is 0 Å². The Morgan fingerprint density at radius 1 is 1.14 bits per heavy atom. The van der Waals surface area contributed by atoms with Crippen LogP contribution in [0.3, 0.4) is 0 Å². The zero-order valence-electron chi connectivity index (χ0n) is 15.3. The molecule has 0 heterocycles. The fourth-order valence-electron chi connectivity index (χ4n) is 2.62. The Bertz CT molecular complexity index is 921. The van der Waals surface area contributed by atoms with Gasteiger partial charge < -0.3 is 5.32 Å². The maximum Gasteiger partial charge on any atom is 0.232 e. The molecule has 0 aliphatic carbocycles. The molecule has 0 aliphatic rings. The maximum atomic E-state index is 13.9. The average molecular weight is 431 g/mol. The molecule has 1 amide bonds. The molecule has 0 fully saturated rings. The predicted molar refractivity (Wildman–Crippen MR) is 106 cm³/mol. The van der Waals surface area contributed by atoms with Gasteiger partial charge in [-0.3, -0.25) is 9.10 Å². The standard InChI is InChI=1S/C19H21ClF2N2O3S/c1-28(26,27)24(18-9-8-16(21)13-17(18)22)12-2-3-19(25)23-11-10-14-4-6-15(20)7-5-14/h4-9,13H,2-3,10-12H2,1H3,(H,23,25). The summed E-state index contributed by atoms with van der Waals surface area (Å²) in [6.07, 6.45) is 1.84. The number of rotatable bonds is 9. The number of benzene rings is 2. The summed E-state index contributed by atoms with van der Waals surface area (Å²) >= 11 is 5.81. The Morgan fingerprint density at radius 3 is 2.43 bits per heavy atom. The van der Waals surface area contributed by atoms with Gasteiger partial charge in [0.05, 0.1) is 11.9 Å². The molecule has 0 saturated heterocycles. The highest BCUT2D eigenvalue weighted by atomic mass is 35.5. The molecule has 2 aromatic rings. The highest BCUT2D eigenvalue weighted by molar-refractivity contribution is 7.92. The van der Waals surface area contributed by atoms with E-state index in [1.165, 1.54) is 0 Å². The molecular formula is C19H21ClF2N2O3S. The topological polar surface area (TPSA) is 66.5 Å². The van der Waals surface area contributed by atoms with Crippen molar-refractivity contribution in [3.8, 4) is 0 Å². The third-order valence-corrected chi connectivity index (χ3v) is 5.42. The largest absolute Gasteiger partial charge is 0.356 e. The summed E-state index contributed by atoms with van der Waals surface area (Å²) in [6.45, 7) is 0.342. The van der Waals surface area contributed by atoms with Gasteiger partial charge in [-0.2, -0.15) is 0 Å². The van der Waals surface area contributed by atoms with Crippen molar-refractivity contribution in [2.75, 3.05) is 23.7 Å². The molecule has 9 heteroatoms. The van der Waals surface area contributed by atoms with E-state index in [0.717, 1.165) is 28.3 Å². The second-order valence-electron chi connectivity index (χ2n) is 6.26. The van der Waals surface area contributed by atoms with Gasteiger partial charge in [-0.25, -0.2) is 17.2 Å². The highest BCUT2D eigenvalue weighted by Gasteiger charge is 2.21. The van der Waals surface area contributed by atoms with E-state index in [0.29, 0.717) is 24.1 Å². The molecule has 1 N–H and O–H groups in total. The third-order valence-electron chi connectivity index (χ3n) is 3.99. The van der Waals surface area contributed by atoms with E-state index in [2.05, 4.69) is 5.32 Å². The molecule has 0 unspecified atom stereocenters. The SMILES string of the molecule is CS(=O)(=O)N(CCCC(=O)NCCc1ccc(Cl)cc1)c1ccc(F)cc1F. The Balaban J connectivity index is 1.84. The van der Waals surface area contributed by atoms with Crippen molar-refractivity contribution in [2.24, 2.45) is 0 Å². The molecule has 0 radical (unpaired) electrons. The first-order valence-corrected chi connectivity index (χ1v) is 10.8. The number of nitrogens with one attached hydrogen (secondary N) is 1. The number of carbonyl (C=O) groups excluding carboxylic acids is 1. The van der Waals surface area contributed by atoms with E-state index in [4.69, 9.17) is 11.6 Å². The summed E-state index contributed by atoms with van der Waals surface area (Å²) in [5, 5.41) is 3.39.